The van der Waals surface area contributed by atoms with Crippen molar-refractivity contribution in [3.63, 3.8) is 0 Å². The maximum absolute atomic E-state index is 5.76. The molecule has 0 bridgehead atoms. The van der Waals surface area contributed by atoms with Gasteiger partial charge in [0.2, 0.25) is 0 Å². The number of hydrogen-bond donors (Lipinski definition) is 1. The summed E-state index contributed by atoms with van der Waals surface area (Å²) in [6, 6.07) is 5.69. The van der Waals surface area contributed by atoms with E-state index in [0.717, 1.165) is 12.1 Å². The van der Waals surface area contributed by atoms with E-state index in [-0.39, 0.29) is 6.04 Å². The van der Waals surface area contributed by atoms with E-state index in [4.69, 9.17) is 17.3 Å². The average molecular weight is 171 g/mol. The number of nitrogens with zero attached hydrogens (tertiary/aromatic N) is 1. The molecule has 0 saturated heterocycles. The summed E-state index contributed by atoms with van der Waals surface area (Å²) in [5.74, 6) is 0.581. The van der Waals surface area contributed by atoms with E-state index in [1.54, 1.807) is 6.20 Å². The first-order valence-corrected chi connectivity index (χ1v) is 4.10. The van der Waals surface area contributed by atoms with Gasteiger partial charge < -0.3 is 5.73 Å². The van der Waals surface area contributed by atoms with Crippen LogP contribution in [0.25, 0.3) is 0 Å². The number of alkyl halides is 1. The Morgan fingerprint density at radius 1 is 1.55 bits per heavy atom. The van der Waals surface area contributed by atoms with E-state index >= 15 is 0 Å². The van der Waals surface area contributed by atoms with Gasteiger partial charge in [-0.05, 0) is 18.6 Å². The van der Waals surface area contributed by atoms with Crippen molar-refractivity contribution >= 4 is 11.6 Å². The number of hydrogen-bond acceptors (Lipinski definition) is 2. The largest absolute Gasteiger partial charge is 0.323 e. The van der Waals surface area contributed by atoms with Crippen LogP contribution in [0.2, 0.25) is 0 Å². The Kier molecular flexibility index (Phi) is 3.33. The zero-order chi connectivity index (χ0) is 8.10. The van der Waals surface area contributed by atoms with Gasteiger partial charge in [-0.1, -0.05) is 6.07 Å². The van der Waals surface area contributed by atoms with E-state index in [0.29, 0.717) is 5.88 Å². The molecule has 0 amide bonds. The van der Waals surface area contributed by atoms with E-state index < -0.39 is 0 Å². The number of halogens is 1. The normalized spacial score (nSPS) is 12.9. The van der Waals surface area contributed by atoms with Crippen molar-refractivity contribution in [2.75, 3.05) is 5.88 Å². The predicted octanol–water partition coefficient (Wildman–Crippen LogP) is 1.71. The van der Waals surface area contributed by atoms with Crippen LogP contribution in [0, 0.1) is 0 Å². The molecule has 0 spiro atoms. The Morgan fingerprint density at radius 3 is 2.91 bits per heavy atom. The maximum Gasteiger partial charge on any atom is 0.0571 e. The highest BCUT2D eigenvalue weighted by atomic mass is 35.5. The first-order valence-electron chi connectivity index (χ1n) is 3.57. The molecule has 0 aliphatic carbocycles. The van der Waals surface area contributed by atoms with E-state index in [2.05, 4.69) is 4.98 Å². The smallest absolute Gasteiger partial charge is 0.0571 e. The van der Waals surface area contributed by atoms with Gasteiger partial charge in [0.05, 0.1) is 5.69 Å². The zero-order valence-corrected chi connectivity index (χ0v) is 6.96. The van der Waals surface area contributed by atoms with Gasteiger partial charge in [0, 0.05) is 18.1 Å². The van der Waals surface area contributed by atoms with Crippen molar-refractivity contribution in [3.8, 4) is 0 Å². The Labute approximate surface area is 71.4 Å². The van der Waals surface area contributed by atoms with Crippen LogP contribution in [0.1, 0.15) is 18.2 Å². The van der Waals surface area contributed by atoms with Crippen LogP contribution in [-0.4, -0.2) is 10.9 Å². The second kappa shape index (κ2) is 4.31. The van der Waals surface area contributed by atoms with Gasteiger partial charge in [0.25, 0.3) is 0 Å². The number of aromatic nitrogens is 1. The first kappa shape index (κ1) is 8.50. The summed E-state index contributed by atoms with van der Waals surface area (Å²) in [7, 11) is 0. The van der Waals surface area contributed by atoms with Crippen LogP contribution in [0.15, 0.2) is 24.4 Å². The third kappa shape index (κ3) is 2.48. The molecular formula is C8H11ClN2. The van der Waals surface area contributed by atoms with Crippen LogP contribution < -0.4 is 5.73 Å². The third-order valence-corrected chi connectivity index (χ3v) is 1.71. The minimum Gasteiger partial charge on any atom is -0.323 e. The minimum absolute atomic E-state index is 0.0197. The highest BCUT2D eigenvalue weighted by Gasteiger charge is 2.04. The highest BCUT2D eigenvalue weighted by molar-refractivity contribution is 6.17. The van der Waals surface area contributed by atoms with Crippen molar-refractivity contribution in [1.82, 2.24) is 4.98 Å². The molecule has 1 aromatic heterocycles. The van der Waals surface area contributed by atoms with Crippen LogP contribution in [0.5, 0.6) is 0 Å². The van der Waals surface area contributed by atoms with Crippen LogP contribution in [-0.2, 0) is 0 Å². The van der Waals surface area contributed by atoms with Gasteiger partial charge in [0.1, 0.15) is 0 Å². The maximum atomic E-state index is 5.76. The molecule has 2 N–H and O–H groups in total. The molecule has 3 heteroatoms. The molecule has 2 nitrogen and oxygen atoms in total. The van der Waals surface area contributed by atoms with Gasteiger partial charge in [-0.15, -0.1) is 11.6 Å². The SMILES string of the molecule is NC(CCCl)c1ccccn1. The van der Waals surface area contributed by atoms with Crippen molar-refractivity contribution in [2.45, 2.75) is 12.5 Å². The van der Waals surface area contributed by atoms with Crippen LogP contribution in [0.4, 0.5) is 0 Å². The van der Waals surface area contributed by atoms with Crippen molar-refractivity contribution in [1.29, 1.82) is 0 Å². The summed E-state index contributed by atoms with van der Waals surface area (Å²) in [5, 5.41) is 0. The summed E-state index contributed by atoms with van der Waals surface area (Å²) >= 11 is 5.54. The van der Waals surface area contributed by atoms with Gasteiger partial charge in [-0.2, -0.15) is 0 Å². The standard InChI is InChI=1S/C8H11ClN2/c9-5-4-7(10)8-3-1-2-6-11-8/h1-3,6-7H,4-5,10H2. The third-order valence-electron chi connectivity index (χ3n) is 1.49. The van der Waals surface area contributed by atoms with Gasteiger partial charge in [-0.3, -0.25) is 4.98 Å². The molecule has 1 aromatic rings. The predicted molar refractivity (Wildman–Crippen MR) is 46.5 cm³/mol. The van der Waals surface area contributed by atoms with Crippen molar-refractivity contribution < 1.29 is 0 Å². The van der Waals surface area contributed by atoms with Gasteiger partial charge in [-0.25, -0.2) is 0 Å². The molecule has 0 aromatic carbocycles. The topological polar surface area (TPSA) is 38.9 Å². The second-order valence-electron chi connectivity index (χ2n) is 2.34. The monoisotopic (exact) mass is 170 g/mol. The van der Waals surface area contributed by atoms with E-state index in [9.17, 15) is 0 Å². The Hall–Kier alpha value is -0.600. The van der Waals surface area contributed by atoms with Gasteiger partial charge >= 0.3 is 0 Å². The lowest BCUT2D eigenvalue weighted by molar-refractivity contribution is 0.679. The molecule has 1 rings (SSSR count). The molecule has 1 heterocycles. The van der Waals surface area contributed by atoms with E-state index in [1.165, 1.54) is 0 Å². The molecule has 60 valence electrons. The molecule has 0 radical (unpaired) electrons. The van der Waals surface area contributed by atoms with Crippen molar-refractivity contribution in [3.05, 3.63) is 30.1 Å². The lowest BCUT2D eigenvalue weighted by Gasteiger charge is -2.07. The number of nitrogens with two attached hydrogens (primary N) is 1. The molecule has 1 atom stereocenters. The molecule has 0 aliphatic heterocycles. The Balaban J connectivity index is 2.61. The molecule has 0 aliphatic rings. The van der Waals surface area contributed by atoms with Gasteiger partial charge in [0.15, 0.2) is 0 Å². The summed E-state index contributed by atoms with van der Waals surface area (Å²) in [6.45, 7) is 0. The first-order chi connectivity index (χ1) is 5.34. The number of pyridine rings is 1. The second-order valence-corrected chi connectivity index (χ2v) is 2.72. The molecular weight excluding hydrogens is 160 g/mol. The highest BCUT2D eigenvalue weighted by Crippen LogP contribution is 2.10. The lowest BCUT2D eigenvalue weighted by atomic mass is 10.1. The Bertz CT molecular complexity index is 201. The zero-order valence-electron chi connectivity index (χ0n) is 6.20. The quantitative estimate of drug-likeness (QED) is 0.702. The summed E-state index contributed by atoms with van der Waals surface area (Å²) in [6.07, 6.45) is 2.52. The molecule has 0 saturated carbocycles. The average Bonchev–Trinajstić information content (AvgIpc) is 2.07. The minimum atomic E-state index is -0.0197. The summed E-state index contributed by atoms with van der Waals surface area (Å²) in [4.78, 5) is 4.11. The Morgan fingerprint density at radius 2 is 2.36 bits per heavy atom. The summed E-state index contributed by atoms with van der Waals surface area (Å²) in [5.41, 5.74) is 6.67. The van der Waals surface area contributed by atoms with Crippen LogP contribution in [0.3, 0.4) is 0 Å². The molecule has 11 heavy (non-hydrogen) atoms. The van der Waals surface area contributed by atoms with Crippen molar-refractivity contribution in [2.24, 2.45) is 5.73 Å². The lowest BCUT2D eigenvalue weighted by Crippen LogP contribution is -2.11. The molecule has 0 fully saturated rings. The fraction of sp³-hybridized carbons (Fsp3) is 0.375. The van der Waals surface area contributed by atoms with Crippen LogP contribution >= 0.6 is 11.6 Å². The summed E-state index contributed by atoms with van der Waals surface area (Å²) < 4.78 is 0. The fourth-order valence-corrected chi connectivity index (χ4v) is 1.10. The fourth-order valence-electron chi connectivity index (χ4n) is 0.861. The molecule has 1 unspecified atom stereocenters. The van der Waals surface area contributed by atoms with E-state index in [1.807, 2.05) is 18.2 Å². The number of rotatable bonds is 3.